The van der Waals surface area contributed by atoms with E-state index < -0.39 is 22.0 Å². The zero-order chi connectivity index (χ0) is 17.5. The minimum Gasteiger partial charge on any atom is -0.368 e. The first-order chi connectivity index (χ1) is 11.3. The molecule has 0 spiro atoms. The lowest BCUT2D eigenvalue weighted by molar-refractivity contribution is -0.122. The number of halogens is 1. The normalized spacial score (nSPS) is 18.2. The van der Waals surface area contributed by atoms with E-state index >= 15 is 0 Å². The van der Waals surface area contributed by atoms with Gasteiger partial charge in [-0.1, -0.05) is 35.9 Å². The van der Waals surface area contributed by atoms with Crippen molar-refractivity contribution in [1.82, 2.24) is 4.31 Å². The molecule has 1 atom stereocenters. The number of benzene rings is 2. The summed E-state index contributed by atoms with van der Waals surface area (Å²) >= 11 is 5.92. The van der Waals surface area contributed by atoms with E-state index in [4.69, 9.17) is 17.3 Å². The van der Waals surface area contributed by atoms with E-state index in [0.29, 0.717) is 10.6 Å². The van der Waals surface area contributed by atoms with Crippen LogP contribution in [0.2, 0.25) is 5.02 Å². The van der Waals surface area contributed by atoms with Gasteiger partial charge in [0.15, 0.2) is 0 Å². The van der Waals surface area contributed by atoms with Crippen LogP contribution in [-0.4, -0.2) is 24.7 Å². The summed E-state index contributed by atoms with van der Waals surface area (Å²) in [6, 6.07) is 11.1. The van der Waals surface area contributed by atoms with Crippen molar-refractivity contribution in [2.24, 2.45) is 5.73 Å². The van der Waals surface area contributed by atoms with Crippen LogP contribution in [0.15, 0.2) is 47.4 Å². The highest BCUT2D eigenvalue weighted by Gasteiger charge is 2.39. The molecular weight excluding hydrogens is 348 g/mol. The quantitative estimate of drug-likeness (QED) is 0.907. The topological polar surface area (TPSA) is 80.5 Å². The van der Waals surface area contributed by atoms with Gasteiger partial charge in [-0.25, -0.2) is 8.42 Å². The second-order valence-corrected chi connectivity index (χ2v) is 8.15. The van der Waals surface area contributed by atoms with Crippen molar-refractivity contribution in [3.05, 3.63) is 64.2 Å². The molecule has 0 bridgehead atoms. The zero-order valence-electron chi connectivity index (χ0n) is 13.1. The number of fused-ring (bicyclic) bond motifs is 1. The van der Waals surface area contributed by atoms with Gasteiger partial charge in [0.1, 0.15) is 6.04 Å². The number of hydrogen-bond acceptors (Lipinski definition) is 3. The molecule has 0 aliphatic carbocycles. The number of hydrogen-bond donors (Lipinski definition) is 1. The van der Waals surface area contributed by atoms with Crippen molar-refractivity contribution in [2.45, 2.75) is 30.8 Å². The van der Waals surface area contributed by atoms with E-state index in [1.165, 1.54) is 16.4 Å². The first kappa shape index (κ1) is 17.0. The highest BCUT2D eigenvalue weighted by molar-refractivity contribution is 7.89. The number of primary amides is 1. The van der Waals surface area contributed by atoms with Gasteiger partial charge in [0.05, 0.1) is 4.90 Å². The summed E-state index contributed by atoms with van der Waals surface area (Å²) in [4.78, 5) is 12.0. The molecular formula is C17H17ClN2O3S. The lowest BCUT2D eigenvalue weighted by atomic mass is 9.96. The van der Waals surface area contributed by atoms with E-state index in [-0.39, 0.29) is 17.9 Å². The fraction of sp³-hybridized carbons (Fsp3) is 0.235. The van der Waals surface area contributed by atoms with Crippen molar-refractivity contribution in [3.63, 3.8) is 0 Å². The number of aryl methyl sites for hydroxylation is 1. The molecule has 1 aliphatic heterocycles. The van der Waals surface area contributed by atoms with Crippen LogP contribution in [0.1, 0.15) is 16.7 Å². The van der Waals surface area contributed by atoms with Gasteiger partial charge in [-0.2, -0.15) is 4.31 Å². The van der Waals surface area contributed by atoms with Crippen LogP contribution in [0.4, 0.5) is 0 Å². The largest absolute Gasteiger partial charge is 0.368 e. The van der Waals surface area contributed by atoms with E-state index in [2.05, 4.69) is 0 Å². The molecule has 0 unspecified atom stereocenters. The molecule has 0 aromatic heterocycles. The third-order valence-electron chi connectivity index (χ3n) is 4.26. The number of carbonyl (C=O) groups is 1. The van der Waals surface area contributed by atoms with Gasteiger partial charge < -0.3 is 5.73 Å². The first-order valence-corrected chi connectivity index (χ1v) is 9.26. The highest BCUT2D eigenvalue weighted by atomic mass is 35.5. The molecule has 1 amide bonds. The summed E-state index contributed by atoms with van der Waals surface area (Å²) in [6.45, 7) is 1.80. The molecule has 3 rings (SSSR count). The van der Waals surface area contributed by atoms with Crippen molar-refractivity contribution in [3.8, 4) is 0 Å². The van der Waals surface area contributed by atoms with Gasteiger partial charge in [-0.05, 0) is 48.2 Å². The molecule has 2 aromatic rings. The molecule has 7 heteroatoms. The maximum Gasteiger partial charge on any atom is 0.244 e. The van der Waals surface area contributed by atoms with Crippen LogP contribution < -0.4 is 5.73 Å². The lowest BCUT2D eigenvalue weighted by Gasteiger charge is -2.34. The molecule has 1 aliphatic rings. The molecule has 0 radical (unpaired) electrons. The molecule has 5 nitrogen and oxygen atoms in total. The van der Waals surface area contributed by atoms with Gasteiger partial charge >= 0.3 is 0 Å². The van der Waals surface area contributed by atoms with Crippen LogP contribution in [-0.2, 0) is 27.8 Å². The highest BCUT2D eigenvalue weighted by Crippen LogP contribution is 2.31. The van der Waals surface area contributed by atoms with E-state index in [1.54, 1.807) is 13.0 Å². The summed E-state index contributed by atoms with van der Waals surface area (Å²) in [5, 5.41) is 0.460. The van der Waals surface area contributed by atoms with Crippen molar-refractivity contribution in [2.75, 3.05) is 0 Å². The summed E-state index contributed by atoms with van der Waals surface area (Å²) < 4.78 is 27.4. The van der Waals surface area contributed by atoms with Crippen molar-refractivity contribution < 1.29 is 13.2 Å². The predicted molar refractivity (Wildman–Crippen MR) is 92.0 cm³/mol. The van der Waals surface area contributed by atoms with Gasteiger partial charge in [0, 0.05) is 11.6 Å². The number of nitrogens with zero attached hydrogens (tertiary/aromatic N) is 1. The maximum absolute atomic E-state index is 13.1. The Kier molecular flexibility index (Phi) is 4.38. The summed E-state index contributed by atoms with van der Waals surface area (Å²) in [6.07, 6.45) is 0.275. The van der Waals surface area contributed by atoms with Crippen LogP contribution in [0.25, 0.3) is 0 Å². The maximum atomic E-state index is 13.1. The fourth-order valence-corrected chi connectivity index (χ4v) is 5.03. The molecule has 126 valence electrons. The molecule has 24 heavy (non-hydrogen) atoms. The number of amides is 1. The third-order valence-corrected chi connectivity index (χ3v) is 6.51. The Balaban J connectivity index is 2.10. The zero-order valence-corrected chi connectivity index (χ0v) is 14.6. The first-order valence-electron chi connectivity index (χ1n) is 7.45. The van der Waals surface area contributed by atoms with Crippen LogP contribution in [0.3, 0.4) is 0 Å². The van der Waals surface area contributed by atoms with Gasteiger partial charge in [0.2, 0.25) is 15.9 Å². The van der Waals surface area contributed by atoms with Crippen LogP contribution in [0, 0.1) is 6.92 Å². The SMILES string of the molecule is Cc1cc(Cl)ccc1S(=O)(=O)N1Cc2ccccc2C[C@H]1C(N)=O. The van der Waals surface area contributed by atoms with Crippen LogP contribution in [0.5, 0.6) is 0 Å². The lowest BCUT2D eigenvalue weighted by Crippen LogP contribution is -2.51. The van der Waals surface area contributed by atoms with E-state index in [9.17, 15) is 13.2 Å². The Labute approximate surface area is 146 Å². The minimum atomic E-state index is -3.87. The van der Waals surface area contributed by atoms with Gasteiger partial charge in [-0.15, -0.1) is 0 Å². The second-order valence-electron chi connectivity index (χ2n) is 5.85. The van der Waals surface area contributed by atoms with Crippen molar-refractivity contribution in [1.29, 1.82) is 0 Å². The molecule has 0 fully saturated rings. The Morgan fingerprint density at radius 1 is 1.21 bits per heavy atom. The molecule has 1 heterocycles. The second kappa shape index (κ2) is 6.20. The molecule has 0 saturated carbocycles. The molecule has 2 aromatic carbocycles. The van der Waals surface area contributed by atoms with Crippen LogP contribution >= 0.6 is 11.6 Å². The molecule has 2 N–H and O–H groups in total. The smallest absolute Gasteiger partial charge is 0.244 e. The van der Waals surface area contributed by atoms with Gasteiger partial charge in [0.25, 0.3) is 0 Å². The fourth-order valence-electron chi connectivity index (χ4n) is 3.02. The summed E-state index contributed by atoms with van der Waals surface area (Å²) in [5.41, 5.74) is 7.84. The number of nitrogens with two attached hydrogens (primary N) is 1. The Morgan fingerprint density at radius 3 is 2.50 bits per heavy atom. The standard InChI is InChI=1S/C17H17ClN2O3S/c1-11-8-14(18)6-7-16(11)24(22,23)20-10-13-5-3-2-4-12(13)9-15(20)17(19)21/h2-8,15H,9-10H2,1H3,(H2,19,21)/t15-/m0/s1. The third kappa shape index (κ3) is 2.92. The number of rotatable bonds is 3. The predicted octanol–water partition coefficient (Wildman–Crippen LogP) is 2.25. The number of sulfonamides is 1. The Hall–Kier alpha value is -1.89. The average Bonchev–Trinajstić information content (AvgIpc) is 2.53. The Bertz CT molecular complexity index is 912. The van der Waals surface area contributed by atoms with Crippen molar-refractivity contribution >= 4 is 27.5 Å². The van der Waals surface area contributed by atoms with E-state index in [1.807, 2.05) is 24.3 Å². The summed E-state index contributed by atoms with van der Waals surface area (Å²) in [5.74, 6) is -0.653. The van der Waals surface area contributed by atoms with E-state index in [0.717, 1.165) is 11.1 Å². The average molecular weight is 365 g/mol. The minimum absolute atomic E-state index is 0.119. The number of carbonyl (C=O) groups excluding carboxylic acids is 1. The monoisotopic (exact) mass is 364 g/mol. The Morgan fingerprint density at radius 2 is 1.88 bits per heavy atom. The molecule has 0 saturated heterocycles. The summed E-state index contributed by atoms with van der Waals surface area (Å²) in [7, 11) is -3.87. The van der Waals surface area contributed by atoms with Gasteiger partial charge in [-0.3, -0.25) is 4.79 Å².